The number of anilines is 1. The van der Waals surface area contributed by atoms with E-state index in [1.54, 1.807) is 0 Å². The standard InChI is InChI=1S/C17H8Cl2F6N2O3/c18-12-2-1-8(3-13(12)19)15(28)14(27(29)30)7-26-11-5-9(16(20,21)22)4-10(6-11)17(23,24)25/h1-7,26H. The number of alkyl halides is 6. The lowest BCUT2D eigenvalue weighted by atomic mass is 10.1. The zero-order valence-corrected chi connectivity index (χ0v) is 15.7. The number of carbonyl (C=O) groups excluding carboxylic acids is 1. The lowest BCUT2D eigenvalue weighted by Crippen LogP contribution is -2.14. The van der Waals surface area contributed by atoms with Crippen molar-refractivity contribution in [3.63, 3.8) is 0 Å². The largest absolute Gasteiger partial charge is 0.416 e. The van der Waals surface area contributed by atoms with Crippen molar-refractivity contribution in [3.05, 3.63) is 85.1 Å². The number of hydrogen-bond donors (Lipinski definition) is 1. The Kier molecular flexibility index (Phi) is 6.67. The Hall–Kier alpha value is -2.79. The summed E-state index contributed by atoms with van der Waals surface area (Å²) in [7, 11) is 0. The van der Waals surface area contributed by atoms with Gasteiger partial charge in [-0.1, -0.05) is 23.2 Å². The molecule has 0 amide bonds. The van der Waals surface area contributed by atoms with Crippen molar-refractivity contribution in [3.8, 4) is 0 Å². The van der Waals surface area contributed by atoms with Gasteiger partial charge in [0.15, 0.2) is 0 Å². The number of benzene rings is 2. The van der Waals surface area contributed by atoms with E-state index < -0.39 is 45.6 Å². The van der Waals surface area contributed by atoms with Crippen LogP contribution in [0.4, 0.5) is 32.0 Å². The maximum atomic E-state index is 12.9. The van der Waals surface area contributed by atoms with Crippen LogP contribution in [0, 0.1) is 10.1 Å². The summed E-state index contributed by atoms with van der Waals surface area (Å²) in [5.41, 5.74) is -5.45. The summed E-state index contributed by atoms with van der Waals surface area (Å²) in [6.45, 7) is 0. The molecule has 0 atom stereocenters. The molecule has 0 aliphatic rings. The van der Waals surface area contributed by atoms with Gasteiger partial charge in [-0.15, -0.1) is 0 Å². The minimum absolute atomic E-state index is 0.0571. The maximum Gasteiger partial charge on any atom is 0.416 e. The van der Waals surface area contributed by atoms with Crippen molar-refractivity contribution in [1.82, 2.24) is 0 Å². The quantitative estimate of drug-likeness (QED) is 0.178. The summed E-state index contributed by atoms with van der Waals surface area (Å²) < 4.78 is 77.3. The Morgan fingerprint density at radius 3 is 1.90 bits per heavy atom. The van der Waals surface area contributed by atoms with Crippen LogP contribution >= 0.6 is 23.2 Å². The Labute approximate surface area is 174 Å². The molecule has 0 bridgehead atoms. The highest BCUT2D eigenvalue weighted by atomic mass is 35.5. The van der Waals surface area contributed by atoms with Gasteiger partial charge in [-0.25, -0.2) is 0 Å². The van der Waals surface area contributed by atoms with E-state index in [1.807, 2.05) is 5.32 Å². The molecule has 0 saturated heterocycles. The molecule has 2 aromatic rings. The van der Waals surface area contributed by atoms with Crippen molar-refractivity contribution >= 4 is 34.7 Å². The van der Waals surface area contributed by atoms with E-state index >= 15 is 0 Å². The number of rotatable bonds is 5. The predicted molar refractivity (Wildman–Crippen MR) is 95.9 cm³/mol. The van der Waals surface area contributed by atoms with Gasteiger partial charge < -0.3 is 5.32 Å². The maximum absolute atomic E-state index is 12.9. The molecule has 0 aromatic heterocycles. The number of allylic oxidation sites excluding steroid dienone is 1. The van der Waals surface area contributed by atoms with Gasteiger partial charge >= 0.3 is 18.0 Å². The Bertz CT molecular complexity index is 1000. The van der Waals surface area contributed by atoms with Crippen LogP contribution in [0.2, 0.25) is 10.0 Å². The fourth-order valence-electron chi connectivity index (χ4n) is 2.18. The van der Waals surface area contributed by atoms with E-state index in [0.717, 1.165) is 12.1 Å². The SMILES string of the molecule is O=C(C(=CNc1cc(C(F)(F)F)cc(C(F)(F)F)c1)[N+](=O)[O-])c1ccc(Cl)c(Cl)c1. The summed E-state index contributed by atoms with van der Waals surface area (Å²) >= 11 is 11.4. The molecule has 160 valence electrons. The lowest BCUT2D eigenvalue weighted by Gasteiger charge is -2.14. The van der Waals surface area contributed by atoms with Gasteiger partial charge in [0.25, 0.3) is 5.78 Å². The predicted octanol–water partition coefficient (Wildman–Crippen LogP) is 6.44. The molecule has 2 aromatic carbocycles. The summed E-state index contributed by atoms with van der Waals surface area (Å²) in [4.78, 5) is 22.4. The first-order valence-corrected chi connectivity index (χ1v) is 8.36. The van der Waals surface area contributed by atoms with E-state index in [9.17, 15) is 41.3 Å². The van der Waals surface area contributed by atoms with Crippen LogP contribution in [0.3, 0.4) is 0 Å². The van der Waals surface area contributed by atoms with E-state index in [4.69, 9.17) is 23.2 Å². The molecule has 5 nitrogen and oxygen atoms in total. The average Bonchev–Trinajstić information content (AvgIpc) is 2.62. The first-order chi connectivity index (χ1) is 13.7. The van der Waals surface area contributed by atoms with Gasteiger partial charge in [-0.3, -0.25) is 14.9 Å². The van der Waals surface area contributed by atoms with Crippen LogP contribution in [-0.2, 0) is 12.4 Å². The molecule has 0 fully saturated rings. The molecule has 0 heterocycles. The highest BCUT2D eigenvalue weighted by Crippen LogP contribution is 2.37. The van der Waals surface area contributed by atoms with E-state index in [2.05, 4.69) is 0 Å². The monoisotopic (exact) mass is 472 g/mol. The number of halogens is 8. The minimum Gasteiger partial charge on any atom is -0.356 e. The molecule has 0 spiro atoms. The van der Waals surface area contributed by atoms with Crippen LogP contribution in [0.25, 0.3) is 0 Å². The molecule has 2 rings (SSSR count). The van der Waals surface area contributed by atoms with Gasteiger partial charge in [0.05, 0.1) is 32.3 Å². The van der Waals surface area contributed by atoms with Crippen molar-refractivity contribution in [2.75, 3.05) is 5.32 Å². The van der Waals surface area contributed by atoms with E-state index in [0.29, 0.717) is 18.3 Å². The van der Waals surface area contributed by atoms with Crippen molar-refractivity contribution < 1.29 is 36.1 Å². The van der Waals surface area contributed by atoms with Crippen LogP contribution in [0.15, 0.2) is 48.3 Å². The number of nitro groups is 1. The molecule has 30 heavy (non-hydrogen) atoms. The third-order valence-corrected chi connectivity index (χ3v) is 4.31. The zero-order chi connectivity index (χ0) is 22.9. The lowest BCUT2D eigenvalue weighted by molar-refractivity contribution is -0.416. The van der Waals surface area contributed by atoms with Crippen molar-refractivity contribution in [2.45, 2.75) is 12.4 Å². The normalized spacial score (nSPS) is 12.6. The van der Waals surface area contributed by atoms with Crippen LogP contribution in [-0.4, -0.2) is 10.7 Å². The Balaban J connectivity index is 2.46. The summed E-state index contributed by atoms with van der Waals surface area (Å²) in [6, 6.07) is 3.84. The van der Waals surface area contributed by atoms with E-state index in [-0.39, 0.29) is 21.7 Å². The molecule has 0 saturated carbocycles. The molecule has 0 radical (unpaired) electrons. The third-order valence-electron chi connectivity index (χ3n) is 3.57. The fourth-order valence-corrected chi connectivity index (χ4v) is 2.47. The first kappa shape index (κ1) is 23.5. The smallest absolute Gasteiger partial charge is 0.356 e. The van der Waals surface area contributed by atoms with Gasteiger partial charge in [0, 0.05) is 11.3 Å². The summed E-state index contributed by atoms with van der Waals surface area (Å²) in [5, 5.41) is 13.1. The number of Topliss-reactive ketones (excluding diaryl/α,β-unsaturated/α-hetero) is 1. The van der Waals surface area contributed by atoms with Crippen LogP contribution < -0.4 is 5.32 Å². The fraction of sp³-hybridized carbons (Fsp3) is 0.118. The Morgan fingerprint density at radius 2 is 1.47 bits per heavy atom. The highest BCUT2D eigenvalue weighted by Gasteiger charge is 2.37. The molecule has 1 N–H and O–H groups in total. The van der Waals surface area contributed by atoms with Crippen LogP contribution in [0.1, 0.15) is 21.5 Å². The van der Waals surface area contributed by atoms with Gasteiger partial charge in [0.1, 0.15) is 0 Å². The third kappa shape index (κ3) is 5.63. The molecular weight excluding hydrogens is 465 g/mol. The average molecular weight is 473 g/mol. The first-order valence-electron chi connectivity index (χ1n) is 7.60. The molecule has 13 heteroatoms. The minimum atomic E-state index is -5.11. The molecular formula is C17H8Cl2F6N2O3. The number of ketones is 1. The summed E-state index contributed by atoms with van der Waals surface area (Å²) in [6.07, 6.45) is -9.83. The number of carbonyl (C=O) groups is 1. The number of nitrogens with zero attached hydrogens (tertiary/aromatic N) is 1. The molecule has 0 aliphatic carbocycles. The second-order valence-electron chi connectivity index (χ2n) is 5.68. The second kappa shape index (κ2) is 8.52. The van der Waals surface area contributed by atoms with Crippen molar-refractivity contribution in [2.24, 2.45) is 0 Å². The Morgan fingerprint density at radius 1 is 0.933 bits per heavy atom. The summed E-state index contributed by atoms with van der Waals surface area (Å²) in [5.74, 6) is -1.20. The highest BCUT2D eigenvalue weighted by molar-refractivity contribution is 6.42. The molecule has 0 aliphatic heterocycles. The number of hydrogen-bond acceptors (Lipinski definition) is 4. The van der Waals surface area contributed by atoms with Crippen molar-refractivity contribution in [1.29, 1.82) is 0 Å². The zero-order valence-electron chi connectivity index (χ0n) is 14.2. The molecule has 0 unspecified atom stereocenters. The number of nitrogens with one attached hydrogen (secondary N) is 1. The van der Waals surface area contributed by atoms with Gasteiger partial charge in [-0.05, 0) is 36.4 Å². The second-order valence-corrected chi connectivity index (χ2v) is 6.50. The van der Waals surface area contributed by atoms with Gasteiger partial charge in [0.2, 0.25) is 0 Å². The van der Waals surface area contributed by atoms with E-state index in [1.165, 1.54) is 6.07 Å². The van der Waals surface area contributed by atoms with Gasteiger partial charge in [-0.2, -0.15) is 26.3 Å². The topological polar surface area (TPSA) is 72.2 Å². The van der Waals surface area contributed by atoms with Crippen LogP contribution in [0.5, 0.6) is 0 Å².